The summed E-state index contributed by atoms with van der Waals surface area (Å²) in [5.74, 6) is 0.753. The second-order valence-electron chi connectivity index (χ2n) is 7.40. The van der Waals surface area contributed by atoms with Gasteiger partial charge in [0.25, 0.3) is 0 Å². The van der Waals surface area contributed by atoms with E-state index in [4.69, 9.17) is 18.9 Å². The van der Waals surface area contributed by atoms with E-state index in [0.717, 1.165) is 11.1 Å². The molecule has 0 fully saturated rings. The molecule has 1 N–H and O–H groups in total. The highest BCUT2D eigenvalue weighted by Crippen LogP contribution is 2.23. The van der Waals surface area contributed by atoms with Crippen LogP contribution < -0.4 is 18.9 Å². The zero-order chi connectivity index (χ0) is 23.6. The van der Waals surface area contributed by atoms with E-state index < -0.39 is 12.3 Å². The summed E-state index contributed by atoms with van der Waals surface area (Å²) in [6, 6.07) is 33.1. The molecule has 0 unspecified atom stereocenters. The van der Waals surface area contributed by atoms with Gasteiger partial charge in [-0.25, -0.2) is 4.79 Å². The van der Waals surface area contributed by atoms with E-state index in [1.807, 2.05) is 60.7 Å². The molecule has 0 bridgehead atoms. The summed E-state index contributed by atoms with van der Waals surface area (Å²) in [5, 5.41) is 9.53. The molecule has 0 aliphatic carbocycles. The first kappa shape index (κ1) is 22.7. The fourth-order valence-corrected chi connectivity index (χ4v) is 3.08. The van der Waals surface area contributed by atoms with Crippen molar-refractivity contribution in [2.24, 2.45) is 0 Å². The largest absolute Gasteiger partial charge is 0.489 e. The van der Waals surface area contributed by atoms with Crippen molar-refractivity contribution >= 4 is 5.97 Å². The number of rotatable bonds is 11. The van der Waals surface area contributed by atoms with Gasteiger partial charge in [-0.15, -0.1) is 0 Å². The van der Waals surface area contributed by atoms with Gasteiger partial charge in [0.05, 0.1) is 0 Å². The number of carboxylic acid groups (broad SMARTS) is 1. The highest BCUT2D eigenvalue weighted by Gasteiger charge is 2.21. The molecule has 34 heavy (non-hydrogen) atoms. The summed E-state index contributed by atoms with van der Waals surface area (Å²) in [4.78, 5) is 11.7. The summed E-state index contributed by atoms with van der Waals surface area (Å²) < 4.78 is 22.5. The summed E-state index contributed by atoms with van der Waals surface area (Å²) >= 11 is 0. The van der Waals surface area contributed by atoms with Gasteiger partial charge >= 0.3 is 12.3 Å². The maximum atomic E-state index is 11.7. The molecule has 0 atom stereocenters. The number of carboxylic acids is 1. The molecular formula is C28H24O6. The first-order valence-electron chi connectivity index (χ1n) is 10.8. The number of carbonyl (C=O) groups is 1. The molecule has 4 aromatic rings. The summed E-state index contributed by atoms with van der Waals surface area (Å²) in [5.41, 5.74) is 2.11. The van der Waals surface area contributed by atoms with Crippen LogP contribution in [-0.2, 0) is 18.0 Å². The Morgan fingerprint density at radius 1 is 0.559 bits per heavy atom. The minimum Gasteiger partial charge on any atom is -0.489 e. The SMILES string of the molecule is O=C(O)C(Oc1ccc(OCc2ccccc2)cc1)Oc1ccc(OCc2ccccc2)cc1. The van der Waals surface area contributed by atoms with Gasteiger partial charge in [0.15, 0.2) is 0 Å². The lowest BCUT2D eigenvalue weighted by molar-refractivity contribution is -0.158. The highest BCUT2D eigenvalue weighted by molar-refractivity contribution is 5.71. The van der Waals surface area contributed by atoms with Gasteiger partial charge in [0.2, 0.25) is 0 Å². The fourth-order valence-electron chi connectivity index (χ4n) is 3.08. The zero-order valence-electron chi connectivity index (χ0n) is 18.4. The van der Waals surface area contributed by atoms with Gasteiger partial charge in [0, 0.05) is 0 Å². The monoisotopic (exact) mass is 456 g/mol. The maximum Gasteiger partial charge on any atom is 0.387 e. The summed E-state index contributed by atoms with van der Waals surface area (Å²) in [6.45, 7) is 0.875. The van der Waals surface area contributed by atoms with Gasteiger partial charge in [-0.05, 0) is 59.7 Å². The quantitative estimate of drug-likeness (QED) is 0.291. The molecule has 0 aliphatic rings. The van der Waals surface area contributed by atoms with Crippen molar-refractivity contribution in [3.8, 4) is 23.0 Å². The Hall–Kier alpha value is -4.45. The molecule has 0 radical (unpaired) electrons. The molecule has 0 heterocycles. The van der Waals surface area contributed by atoms with Crippen LogP contribution >= 0.6 is 0 Å². The van der Waals surface area contributed by atoms with Crippen molar-refractivity contribution in [2.45, 2.75) is 19.5 Å². The molecule has 4 rings (SSSR count). The minimum absolute atomic E-state index is 0.349. The lowest BCUT2D eigenvalue weighted by atomic mass is 10.2. The van der Waals surface area contributed by atoms with Crippen LogP contribution in [0.4, 0.5) is 0 Å². The van der Waals surface area contributed by atoms with Crippen molar-refractivity contribution in [1.29, 1.82) is 0 Å². The molecule has 0 aromatic heterocycles. The van der Waals surface area contributed by atoms with E-state index in [0.29, 0.717) is 36.2 Å². The predicted octanol–water partition coefficient (Wildman–Crippen LogP) is 5.71. The number of benzene rings is 4. The van der Waals surface area contributed by atoms with Crippen molar-refractivity contribution in [2.75, 3.05) is 0 Å². The van der Waals surface area contributed by atoms with Crippen molar-refractivity contribution in [1.82, 2.24) is 0 Å². The third-order valence-electron chi connectivity index (χ3n) is 4.83. The second-order valence-corrected chi connectivity index (χ2v) is 7.40. The highest BCUT2D eigenvalue weighted by atomic mass is 16.7. The standard InChI is InChI=1S/C28H24O6/c29-27(30)28(33-25-15-11-23(12-16-25)31-19-21-7-3-1-4-8-21)34-26-17-13-24(14-18-26)32-20-22-9-5-2-6-10-22/h1-18,28H,19-20H2,(H,29,30). The van der Waals surface area contributed by atoms with Gasteiger partial charge < -0.3 is 24.1 Å². The van der Waals surface area contributed by atoms with E-state index in [1.165, 1.54) is 0 Å². The van der Waals surface area contributed by atoms with Crippen LogP contribution in [-0.4, -0.2) is 17.4 Å². The number of hydrogen-bond acceptors (Lipinski definition) is 5. The second kappa shape index (κ2) is 11.4. The molecular weight excluding hydrogens is 432 g/mol. The normalized spacial score (nSPS) is 10.5. The molecule has 0 amide bonds. The third-order valence-corrected chi connectivity index (χ3v) is 4.83. The van der Waals surface area contributed by atoms with Gasteiger partial charge in [-0.3, -0.25) is 0 Å². The molecule has 0 saturated heterocycles. The van der Waals surface area contributed by atoms with Crippen LogP contribution in [0.25, 0.3) is 0 Å². The zero-order valence-corrected chi connectivity index (χ0v) is 18.4. The number of ether oxygens (including phenoxy) is 4. The third kappa shape index (κ3) is 6.77. The van der Waals surface area contributed by atoms with Crippen LogP contribution in [0.5, 0.6) is 23.0 Å². The number of hydrogen-bond donors (Lipinski definition) is 1. The smallest absolute Gasteiger partial charge is 0.387 e. The van der Waals surface area contributed by atoms with E-state index in [9.17, 15) is 9.90 Å². The lowest BCUT2D eigenvalue weighted by Gasteiger charge is -2.17. The van der Waals surface area contributed by atoms with Crippen LogP contribution in [0.15, 0.2) is 109 Å². The number of aliphatic carboxylic acids is 1. The molecule has 0 saturated carbocycles. The molecule has 6 nitrogen and oxygen atoms in total. The van der Waals surface area contributed by atoms with E-state index in [2.05, 4.69) is 0 Å². The first-order valence-corrected chi connectivity index (χ1v) is 10.8. The van der Waals surface area contributed by atoms with Crippen LogP contribution in [0.3, 0.4) is 0 Å². The Balaban J connectivity index is 1.30. The Morgan fingerprint density at radius 3 is 1.26 bits per heavy atom. The summed E-state index contributed by atoms with van der Waals surface area (Å²) in [7, 11) is 0. The fraction of sp³-hybridized carbons (Fsp3) is 0.107. The molecule has 4 aromatic carbocycles. The van der Waals surface area contributed by atoms with Crippen LogP contribution in [0.1, 0.15) is 11.1 Å². The van der Waals surface area contributed by atoms with Crippen LogP contribution in [0.2, 0.25) is 0 Å². The van der Waals surface area contributed by atoms with Crippen molar-refractivity contribution in [3.63, 3.8) is 0 Å². The first-order chi connectivity index (χ1) is 16.7. The Labute approximate surface area is 197 Å². The van der Waals surface area contributed by atoms with Crippen LogP contribution in [0, 0.1) is 0 Å². The van der Waals surface area contributed by atoms with Crippen molar-refractivity contribution in [3.05, 3.63) is 120 Å². The average Bonchev–Trinajstić information content (AvgIpc) is 2.88. The molecule has 0 spiro atoms. The van der Waals surface area contributed by atoms with Gasteiger partial charge in [0.1, 0.15) is 36.2 Å². The maximum absolute atomic E-state index is 11.7. The molecule has 0 aliphatic heterocycles. The van der Waals surface area contributed by atoms with Crippen molar-refractivity contribution < 1.29 is 28.8 Å². The topological polar surface area (TPSA) is 74.2 Å². The van der Waals surface area contributed by atoms with Gasteiger partial charge in [-0.1, -0.05) is 60.7 Å². The average molecular weight is 456 g/mol. The van der Waals surface area contributed by atoms with Gasteiger partial charge in [-0.2, -0.15) is 0 Å². The summed E-state index contributed by atoms with van der Waals surface area (Å²) in [6.07, 6.45) is -1.51. The van der Waals surface area contributed by atoms with E-state index >= 15 is 0 Å². The van der Waals surface area contributed by atoms with E-state index in [1.54, 1.807) is 48.5 Å². The van der Waals surface area contributed by atoms with E-state index in [-0.39, 0.29) is 0 Å². The minimum atomic E-state index is -1.51. The Kier molecular flexibility index (Phi) is 7.64. The lowest BCUT2D eigenvalue weighted by Crippen LogP contribution is -2.33. The predicted molar refractivity (Wildman–Crippen MR) is 127 cm³/mol. The molecule has 172 valence electrons. The Bertz CT molecular complexity index is 1070. The molecule has 6 heteroatoms. The Morgan fingerprint density at radius 2 is 0.912 bits per heavy atom.